The van der Waals surface area contributed by atoms with Gasteiger partial charge in [-0.3, -0.25) is 9.59 Å². The van der Waals surface area contributed by atoms with Crippen LogP contribution in [0.3, 0.4) is 0 Å². The van der Waals surface area contributed by atoms with E-state index in [2.05, 4.69) is 10.3 Å². The molecule has 0 spiro atoms. The van der Waals surface area contributed by atoms with E-state index in [1.165, 1.54) is 23.5 Å². The molecule has 2 amide bonds. The summed E-state index contributed by atoms with van der Waals surface area (Å²) < 4.78 is 49.1. The van der Waals surface area contributed by atoms with Gasteiger partial charge in [-0.25, -0.2) is 9.78 Å². The van der Waals surface area contributed by atoms with Gasteiger partial charge in [-0.2, -0.15) is 13.2 Å². The second-order valence-electron chi connectivity index (χ2n) is 10.4. The quantitative estimate of drug-likeness (QED) is 0.217. The first-order valence-electron chi connectivity index (χ1n) is 13.8. The van der Waals surface area contributed by atoms with Crippen molar-refractivity contribution >= 4 is 34.8 Å². The number of rotatable bonds is 7. The molecule has 1 aliphatic heterocycles. The lowest BCUT2D eigenvalue weighted by Gasteiger charge is -2.19. The molecule has 45 heavy (non-hydrogen) atoms. The third kappa shape index (κ3) is 6.69. The first kappa shape index (κ1) is 31.7. The maximum absolute atomic E-state index is 14.1. The van der Waals surface area contributed by atoms with E-state index >= 15 is 0 Å². The lowest BCUT2D eigenvalue weighted by Crippen LogP contribution is -2.34. The number of methoxy groups -OCH3 is 1. The molecule has 5 rings (SSSR count). The molecule has 0 saturated heterocycles. The minimum atomic E-state index is -4.64. The van der Waals surface area contributed by atoms with Crippen LogP contribution in [0.2, 0.25) is 0 Å². The molecule has 4 aromatic rings. The number of hydrogen-bond acceptors (Lipinski definition) is 8. The smallest absolute Gasteiger partial charge is 0.405 e. The highest BCUT2D eigenvalue weighted by molar-refractivity contribution is 7.13. The van der Waals surface area contributed by atoms with E-state index in [1.807, 2.05) is 37.4 Å². The monoisotopic (exact) mass is 638 g/mol. The summed E-state index contributed by atoms with van der Waals surface area (Å²) in [4.78, 5) is 44.6. The second kappa shape index (κ2) is 12.7. The van der Waals surface area contributed by atoms with Gasteiger partial charge in [0.25, 0.3) is 11.8 Å². The highest BCUT2D eigenvalue weighted by Crippen LogP contribution is 2.43. The number of nitrogens with one attached hydrogen (secondary N) is 2. The van der Waals surface area contributed by atoms with E-state index < -0.39 is 36.2 Å². The van der Waals surface area contributed by atoms with Crippen molar-refractivity contribution in [3.05, 3.63) is 87.0 Å². The van der Waals surface area contributed by atoms with Crippen LogP contribution in [-0.4, -0.2) is 49.2 Å². The molecular weight excluding hydrogens is 609 g/mol. The Morgan fingerprint density at radius 1 is 1.02 bits per heavy atom. The SMILES string of the molecule is COC(=O)c1nc(C(=O)NCC(F)(F)F)ccc1-c1cc2c(cc1C(=O)Nc1c(C)cc(CN)cc1C)-c1sccc1CCO2. The van der Waals surface area contributed by atoms with E-state index in [1.54, 1.807) is 17.4 Å². The highest BCUT2D eigenvalue weighted by Gasteiger charge is 2.30. The van der Waals surface area contributed by atoms with E-state index in [-0.39, 0.29) is 22.4 Å². The molecule has 13 heteroatoms. The number of thiophene rings is 1. The Kier molecular flexibility index (Phi) is 8.94. The normalized spacial score (nSPS) is 12.3. The number of hydrogen-bond donors (Lipinski definition) is 3. The first-order chi connectivity index (χ1) is 21.4. The number of aryl methyl sites for hydroxylation is 2. The average molecular weight is 639 g/mol. The molecule has 0 bridgehead atoms. The number of nitrogens with zero attached hydrogens (tertiary/aromatic N) is 1. The zero-order valence-electron chi connectivity index (χ0n) is 24.6. The maximum Gasteiger partial charge on any atom is 0.405 e. The Balaban J connectivity index is 1.67. The number of ether oxygens (including phenoxy) is 2. The van der Waals surface area contributed by atoms with Crippen LogP contribution >= 0.6 is 11.3 Å². The minimum Gasteiger partial charge on any atom is -0.493 e. The molecular formula is C32H29F3N4O5S. The van der Waals surface area contributed by atoms with Crippen molar-refractivity contribution in [2.24, 2.45) is 5.73 Å². The number of pyridine rings is 1. The summed E-state index contributed by atoms with van der Waals surface area (Å²) in [7, 11) is 1.10. The van der Waals surface area contributed by atoms with E-state index in [0.29, 0.717) is 36.6 Å². The summed E-state index contributed by atoms with van der Waals surface area (Å²) in [5.41, 5.74) is 10.4. The van der Waals surface area contributed by atoms with Crippen LogP contribution in [-0.2, 0) is 17.7 Å². The largest absolute Gasteiger partial charge is 0.493 e. The molecule has 4 N–H and O–H groups in total. The third-order valence-electron chi connectivity index (χ3n) is 7.30. The number of alkyl halides is 3. The van der Waals surface area contributed by atoms with Crippen LogP contribution in [0.25, 0.3) is 21.6 Å². The highest BCUT2D eigenvalue weighted by atomic mass is 32.1. The fourth-order valence-corrected chi connectivity index (χ4v) is 6.18. The molecule has 0 radical (unpaired) electrons. The topological polar surface area (TPSA) is 133 Å². The van der Waals surface area contributed by atoms with Crippen molar-refractivity contribution in [3.63, 3.8) is 0 Å². The van der Waals surface area contributed by atoms with Gasteiger partial charge in [0.05, 0.1) is 13.7 Å². The Morgan fingerprint density at radius 2 is 1.76 bits per heavy atom. The summed E-state index contributed by atoms with van der Waals surface area (Å²) in [6.07, 6.45) is -4.00. The molecule has 1 aliphatic rings. The van der Waals surface area contributed by atoms with Gasteiger partial charge in [-0.1, -0.05) is 12.1 Å². The van der Waals surface area contributed by atoms with Crippen molar-refractivity contribution in [1.82, 2.24) is 10.3 Å². The fourth-order valence-electron chi connectivity index (χ4n) is 5.20. The summed E-state index contributed by atoms with van der Waals surface area (Å²) in [6.45, 7) is 2.83. The van der Waals surface area contributed by atoms with Gasteiger partial charge in [0.1, 0.15) is 18.0 Å². The predicted molar refractivity (Wildman–Crippen MR) is 164 cm³/mol. The van der Waals surface area contributed by atoms with Gasteiger partial charge in [0.2, 0.25) is 0 Å². The molecule has 0 saturated carbocycles. The van der Waals surface area contributed by atoms with Gasteiger partial charge in [0, 0.05) is 45.8 Å². The third-order valence-corrected chi connectivity index (χ3v) is 8.29. The predicted octanol–water partition coefficient (Wildman–Crippen LogP) is 5.82. The Morgan fingerprint density at radius 3 is 2.42 bits per heavy atom. The number of carbonyl (C=O) groups is 3. The van der Waals surface area contributed by atoms with E-state index in [4.69, 9.17) is 15.2 Å². The number of aromatic nitrogens is 1. The van der Waals surface area contributed by atoms with Crippen LogP contribution < -0.4 is 21.1 Å². The second-order valence-corrected chi connectivity index (χ2v) is 11.3. The summed E-state index contributed by atoms with van der Waals surface area (Å²) in [5.74, 6) is -2.12. The van der Waals surface area contributed by atoms with Crippen LogP contribution in [0.4, 0.5) is 18.9 Å². The van der Waals surface area contributed by atoms with Crippen molar-refractivity contribution in [3.8, 4) is 27.3 Å². The zero-order valence-corrected chi connectivity index (χ0v) is 25.4. The first-order valence-corrected chi connectivity index (χ1v) is 14.7. The Labute approximate surface area is 260 Å². The van der Waals surface area contributed by atoms with Crippen molar-refractivity contribution in [2.75, 3.05) is 25.6 Å². The standard InChI is InChI=1S/C32H29F3N4O5S/c1-16-10-18(14-36)11-17(2)26(16)39-29(40)22-12-23-25(44-8-6-19-7-9-45-28(19)23)13-21(22)20-4-5-24(38-27(20)31(42)43-3)30(41)37-15-32(33,34)35/h4-5,7,9-13H,6,8,14-15,36H2,1-3H3,(H,37,41)(H,39,40). The van der Waals surface area contributed by atoms with Gasteiger partial charge in [-0.15, -0.1) is 11.3 Å². The fraction of sp³-hybridized carbons (Fsp3) is 0.250. The zero-order chi connectivity index (χ0) is 32.5. The van der Waals surface area contributed by atoms with Crippen molar-refractivity contribution in [2.45, 2.75) is 33.0 Å². The number of carbonyl (C=O) groups excluding carboxylic acids is 3. The molecule has 3 heterocycles. The minimum absolute atomic E-state index is 0.119. The number of anilines is 1. The summed E-state index contributed by atoms with van der Waals surface area (Å²) >= 11 is 1.51. The van der Waals surface area contributed by atoms with Crippen LogP contribution in [0.15, 0.2) is 47.8 Å². The number of fused-ring (bicyclic) bond motifs is 3. The van der Waals surface area contributed by atoms with Crippen LogP contribution in [0.5, 0.6) is 5.75 Å². The maximum atomic E-state index is 14.1. The molecule has 0 atom stereocenters. The van der Waals surface area contributed by atoms with E-state index in [0.717, 1.165) is 34.2 Å². The molecule has 0 aliphatic carbocycles. The number of amides is 2. The molecule has 9 nitrogen and oxygen atoms in total. The molecule has 0 unspecified atom stereocenters. The summed E-state index contributed by atoms with van der Waals surface area (Å²) in [5, 5.41) is 6.70. The van der Waals surface area contributed by atoms with Crippen molar-refractivity contribution < 1.29 is 37.0 Å². The number of nitrogens with two attached hydrogens (primary N) is 1. The molecule has 2 aromatic carbocycles. The Bertz CT molecular complexity index is 1800. The Hall–Kier alpha value is -4.75. The van der Waals surface area contributed by atoms with Gasteiger partial charge in [0.15, 0.2) is 5.69 Å². The van der Waals surface area contributed by atoms with Crippen LogP contribution in [0, 0.1) is 13.8 Å². The number of benzene rings is 2. The average Bonchev–Trinajstić information content (AvgIpc) is 3.41. The molecule has 0 fully saturated rings. The van der Waals surface area contributed by atoms with Gasteiger partial charge >= 0.3 is 12.1 Å². The molecule has 234 valence electrons. The lowest BCUT2D eigenvalue weighted by atomic mass is 9.93. The van der Waals surface area contributed by atoms with E-state index in [9.17, 15) is 27.6 Å². The number of esters is 1. The summed E-state index contributed by atoms with van der Waals surface area (Å²) in [6, 6.07) is 11.6. The lowest BCUT2D eigenvalue weighted by molar-refractivity contribution is -0.123. The van der Waals surface area contributed by atoms with Gasteiger partial charge in [-0.05, 0) is 71.8 Å². The van der Waals surface area contributed by atoms with Gasteiger partial charge < -0.3 is 25.8 Å². The molecule has 2 aromatic heterocycles. The number of halogens is 3. The van der Waals surface area contributed by atoms with Crippen LogP contribution in [0.1, 0.15) is 53.6 Å². The van der Waals surface area contributed by atoms with Crippen molar-refractivity contribution in [1.29, 1.82) is 0 Å².